The average Bonchev–Trinajstić information content (AvgIpc) is 1.44. The molecule has 0 radical (unpaired) electrons. The number of rotatable bonds is 21. The number of ether oxygens (including phenoxy) is 4. The predicted octanol–water partition coefficient (Wildman–Crippen LogP) is 2.81. The van der Waals surface area contributed by atoms with Gasteiger partial charge in [-0.25, -0.2) is 28.0 Å². The molecule has 11 rings (SSSR count). The van der Waals surface area contributed by atoms with Crippen molar-refractivity contribution in [2.75, 3.05) is 63.2 Å². The van der Waals surface area contributed by atoms with Gasteiger partial charge in [0.1, 0.15) is 61.3 Å². The fourth-order valence-electron chi connectivity index (χ4n) is 12.4. The number of benzene rings is 3. The lowest BCUT2D eigenvalue weighted by Crippen LogP contribution is -2.45. The molecule has 0 aliphatic carbocycles. The Morgan fingerprint density at radius 2 is 1.71 bits per heavy atom. The molecule has 8 heterocycles. The summed E-state index contributed by atoms with van der Waals surface area (Å²) in [5, 5.41) is 18.1. The summed E-state index contributed by atoms with van der Waals surface area (Å²) in [6.45, 7) is 10.3. The Labute approximate surface area is 487 Å². The Kier molecular flexibility index (Phi) is 17.2. The third-order valence-corrected chi connectivity index (χ3v) is 19.5. The van der Waals surface area contributed by atoms with E-state index in [-0.39, 0.29) is 55.4 Å². The first-order valence-corrected chi connectivity index (χ1v) is 32.2. The fourth-order valence-corrected chi connectivity index (χ4v) is 15.3. The molecule has 6 aliphatic heterocycles. The van der Waals surface area contributed by atoms with Gasteiger partial charge in [0.15, 0.2) is 5.78 Å². The standard InChI is InChI=1S/C57H62N7O18P3/c1-3-24-76-45-28-47(79-46(45)31-78-84(72,73)82-85(74,75)81-83(69,70)71)64-29-37(48-54(58)60-32-61-55(48)64)11-5-19-59-57(68)77-30-33(2)10-4-16-44(65)34-17-18-38(56(66)67)41(25-34)49-42-26-35-12-6-20-62-22-8-14-39(50(35)62)52(42)80-53-40-15-9-23-63-21-7-13-36(51(40)63)27-43(49)53/h3,17-18,25-27,29,32,45-47H,1-2,4,6-10,12-16,19-24,28,30-31H2,(H7-,58,59,60,61,66,67,68,69,70,71,72,73,74,75)/p-3/t45?,46-,47-/m1/s1. The minimum atomic E-state index is -6.15. The fraction of sp³-hybridized carbons (Fsp3) is 0.404. The highest BCUT2D eigenvalue weighted by Gasteiger charge is 2.40. The van der Waals surface area contributed by atoms with Crippen molar-refractivity contribution in [1.82, 2.24) is 24.4 Å². The van der Waals surface area contributed by atoms with Crippen molar-refractivity contribution in [2.24, 2.45) is 0 Å². The van der Waals surface area contributed by atoms with Crippen LogP contribution in [0.15, 0.2) is 67.7 Å². The maximum absolute atomic E-state index is 14.1. The number of carboxylic acids is 1. The van der Waals surface area contributed by atoms with Crippen LogP contribution in [-0.2, 0) is 66.7 Å². The molecule has 1 amide bonds. The molecule has 0 saturated carbocycles. The van der Waals surface area contributed by atoms with Gasteiger partial charge in [0.05, 0.1) is 48.3 Å². The van der Waals surface area contributed by atoms with Crippen LogP contribution in [0.25, 0.3) is 16.6 Å². The zero-order valence-corrected chi connectivity index (χ0v) is 48.6. The van der Waals surface area contributed by atoms with E-state index in [1.165, 1.54) is 51.4 Å². The molecule has 0 spiro atoms. The van der Waals surface area contributed by atoms with Gasteiger partial charge in [0.25, 0.3) is 23.5 Å². The number of carbonyl (C=O) groups excluding carboxylic acids is 3. The van der Waals surface area contributed by atoms with E-state index < -0.39 is 60.6 Å². The van der Waals surface area contributed by atoms with Crippen LogP contribution < -0.4 is 55.6 Å². The van der Waals surface area contributed by atoms with Crippen LogP contribution in [0.2, 0.25) is 0 Å². The van der Waals surface area contributed by atoms with Crippen LogP contribution in [-0.4, -0.2) is 102 Å². The van der Waals surface area contributed by atoms with Crippen molar-refractivity contribution in [1.29, 1.82) is 0 Å². The number of hydrogen-bond donors (Lipinski definition) is 3. The largest absolute Gasteiger partial charge is 0.756 e. The molecule has 25 nitrogen and oxygen atoms in total. The summed E-state index contributed by atoms with van der Waals surface area (Å²) in [7, 11) is -17.9. The molecule has 6 atom stereocenters. The number of alkyl carbamates (subject to hydrolysis) is 1. The number of phosphoric ester groups is 1. The van der Waals surface area contributed by atoms with Crippen LogP contribution in [0.5, 0.6) is 11.5 Å². The number of carboxylic acid groups (broad SMARTS) is 1. The van der Waals surface area contributed by atoms with E-state index in [4.69, 9.17) is 29.6 Å². The number of nitrogens with zero attached hydrogens (tertiary/aromatic N) is 5. The number of nitrogen functional groups attached to an aromatic ring is 1. The first kappa shape index (κ1) is 59.8. The Morgan fingerprint density at radius 3 is 2.48 bits per heavy atom. The predicted molar refractivity (Wildman–Crippen MR) is 298 cm³/mol. The van der Waals surface area contributed by atoms with Gasteiger partial charge in [0, 0.05) is 89.3 Å². The molecular weight excluding hydrogens is 1160 g/mol. The van der Waals surface area contributed by atoms with Crippen molar-refractivity contribution in [3.05, 3.63) is 128 Å². The van der Waals surface area contributed by atoms with Crippen molar-refractivity contribution >= 4 is 69.4 Å². The minimum Gasteiger partial charge on any atom is -0.756 e. The lowest BCUT2D eigenvalue weighted by molar-refractivity contribution is -0.255. The maximum Gasteiger partial charge on any atom is 0.408 e. The number of nitrogens with one attached hydrogen (secondary N) is 1. The van der Waals surface area contributed by atoms with Crippen molar-refractivity contribution in [3.63, 3.8) is 0 Å². The van der Waals surface area contributed by atoms with Crippen LogP contribution in [0.3, 0.4) is 0 Å². The van der Waals surface area contributed by atoms with E-state index >= 15 is 0 Å². The molecule has 4 unspecified atom stereocenters. The van der Waals surface area contributed by atoms with Crippen LogP contribution in [0, 0.1) is 11.8 Å². The third-order valence-electron chi connectivity index (χ3n) is 15.8. The van der Waals surface area contributed by atoms with Gasteiger partial charge < -0.3 is 73.5 Å². The summed E-state index contributed by atoms with van der Waals surface area (Å²) in [4.78, 5) is 94.5. The molecule has 0 bridgehead atoms. The van der Waals surface area contributed by atoms with Crippen LogP contribution in [0.1, 0.15) is 117 Å². The molecular formula is C57H59N7O18P3-3. The number of Topliss-reactive ketones (excluding diaryl/α,β-unsaturated/α-hetero) is 1. The first-order valence-electron chi connectivity index (χ1n) is 27.8. The van der Waals surface area contributed by atoms with Crippen molar-refractivity contribution in [3.8, 4) is 23.3 Å². The molecule has 1 fully saturated rings. The van der Waals surface area contributed by atoms with Gasteiger partial charge in [-0.3, -0.25) is 18.5 Å². The van der Waals surface area contributed by atoms with E-state index in [1.54, 1.807) is 12.1 Å². The summed E-state index contributed by atoms with van der Waals surface area (Å²) in [5.74, 6) is 5.78. The Hall–Kier alpha value is -6.87. The highest BCUT2D eigenvalue weighted by molar-refractivity contribution is 7.65. The Bertz CT molecular complexity index is 3960. The number of carbonyl (C=O) groups is 3. The zero-order valence-electron chi connectivity index (χ0n) is 45.9. The number of aromatic nitrogens is 3. The van der Waals surface area contributed by atoms with Gasteiger partial charge in [-0.15, -0.1) is 6.58 Å². The van der Waals surface area contributed by atoms with E-state index in [0.29, 0.717) is 40.5 Å². The normalized spacial score (nSPS) is 20.4. The number of amides is 1. The number of aromatic carboxylic acids is 1. The highest BCUT2D eigenvalue weighted by atomic mass is 31.3. The molecule has 5 aromatic rings. The van der Waals surface area contributed by atoms with Gasteiger partial charge in [-0.05, 0) is 86.3 Å². The monoisotopic (exact) mass is 1220 g/mol. The number of phosphoric acid groups is 3. The number of ketones is 1. The van der Waals surface area contributed by atoms with E-state index in [0.717, 1.165) is 117 Å². The molecule has 28 heteroatoms. The summed E-state index contributed by atoms with van der Waals surface area (Å²) in [5.41, 5.74) is 15.7. The lowest BCUT2D eigenvalue weighted by Gasteiger charge is -2.39. The Balaban J connectivity index is 0.733. The zero-order chi connectivity index (χ0) is 60.0. The summed E-state index contributed by atoms with van der Waals surface area (Å²) in [6.07, 6.45) is 8.58. The SMILES string of the molecule is C=CCOC1C[C@H](n2cc(C#CCNC(=O)OCC(=C)CCCC(=O)c3ccc(C(=O)[O-])c(C4=c5cc6c7c(c5Oc5c4cc4c8c5CCCN8CCC4)CCC[N+]=7CCC6)c3)c3c(N)ncnc32)O[C@@H]1COP(=O)([O-])OP(=O)([O-])OP(=O)([O-])O. The van der Waals surface area contributed by atoms with E-state index in [9.17, 15) is 47.9 Å². The highest BCUT2D eigenvalue weighted by Crippen LogP contribution is 2.61. The number of hydrogen-bond acceptors (Lipinski definition) is 21. The van der Waals surface area contributed by atoms with Gasteiger partial charge in [-0.2, -0.15) is 0 Å². The minimum absolute atomic E-state index is 0.0115. The second-order valence-electron chi connectivity index (χ2n) is 21.4. The molecule has 6 aliphatic rings. The third kappa shape index (κ3) is 12.8. The second-order valence-corrected chi connectivity index (χ2v) is 25.7. The molecule has 3 aromatic carbocycles. The molecule has 4 N–H and O–H groups in total. The summed E-state index contributed by atoms with van der Waals surface area (Å²) < 4.78 is 75.0. The maximum atomic E-state index is 14.1. The number of fused-ring (bicyclic) bond motifs is 5. The van der Waals surface area contributed by atoms with Crippen molar-refractivity contribution in [2.45, 2.75) is 95.5 Å². The lowest BCUT2D eigenvalue weighted by atomic mass is 9.81. The van der Waals surface area contributed by atoms with Gasteiger partial charge in [0.2, 0.25) is 5.36 Å². The molecule has 85 heavy (non-hydrogen) atoms. The van der Waals surface area contributed by atoms with Gasteiger partial charge in [-0.1, -0.05) is 36.6 Å². The van der Waals surface area contributed by atoms with Crippen LogP contribution >= 0.6 is 23.5 Å². The molecule has 2 aromatic heterocycles. The van der Waals surface area contributed by atoms with E-state index in [2.05, 4.69) is 75.0 Å². The molecule has 1 saturated heterocycles. The number of anilines is 2. The van der Waals surface area contributed by atoms with Crippen molar-refractivity contribution < 1.29 is 84.9 Å². The van der Waals surface area contributed by atoms with E-state index in [1.807, 2.05) is 0 Å². The van der Waals surface area contributed by atoms with Gasteiger partial charge >= 0.3 is 6.09 Å². The number of nitrogens with two attached hydrogens (primary N) is 1. The first-order chi connectivity index (χ1) is 40.7. The number of aryl methyl sites for hydroxylation is 2. The summed E-state index contributed by atoms with van der Waals surface area (Å²) in [6, 6.07) is 9.10. The topological polar surface area (TPSA) is 355 Å². The quantitative estimate of drug-likeness (QED) is 0.0307. The second kappa shape index (κ2) is 24.5. The molecule has 448 valence electrons. The average molecular weight is 1220 g/mol. The smallest absolute Gasteiger partial charge is 0.408 e. The Morgan fingerprint density at radius 1 is 0.941 bits per heavy atom. The van der Waals surface area contributed by atoms with Crippen LogP contribution in [0.4, 0.5) is 16.3 Å². The summed E-state index contributed by atoms with van der Waals surface area (Å²) >= 11 is 0.